The third-order valence-corrected chi connectivity index (χ3v) is 3.44. The van der Waals surface area contributed by atoms with Crippen LogP contribution < -0.4 is 0 Å². The van der Waals surface area contributed by atoms with Crippen molar-refractivity contribution >= 4 is 5.97 Å². The maximum atomic E-state index is 11.2. The van der Waals surface area contributed by atoms with Gasteiger partial charge in [-0.15, -0.1) is 0 Å². The smallest absolute Gasteiger partial charge is 0.310 e. The molecule has 2 aliphatic rings. The Bertz CT molecular complexity index is 221. The zero-order valence-corrected chi connectivity index (χ0v) is 9.03. The molecular formula is C11H19NO2. The van der Waals surface area contributed by atoms with E-state index in [4.69, 9.17) is 4.74 Å². The van der Waals surface area contributed by atoms with Gasteiger partial charge in [-0.1, -0.05) is 13.8 Å². The number of carbonyl (C=O) groups is 1. The van der Waals surface area contributed by atoms with Gasteiger partial charge in [0.15, 0.2) is 6.23 Å². The number of nitrogens with zero attached hydrogens (tertiary/aromatic N) is 1. The Morgan fingerprint density at radius 3 is 2.43 bits per heavy atom. The van der Waals surface area contributed by atoms with Gasteiger partial charge in [-0.25, -0.2) is 0 Å². The molecule has 0 radical (unpaired) electrons. The Hall–Kier alpha value is -0.570. The van der Waals surface area contributed by atoms with Gasteiger partial charge < -0.3 is 4.74 Å². The summed E-state index contributed by atoms with van der Waals surface area (Å²) in [7, 11) is 0. The lowest BCUT2D eigenvalue weighted by molar-refractivity contribution is -0.150. The number of likely N-dealkylation sites (tertiary alicyclic amines) is 1. The summed E-state index contributed by atoms with van der Waals surface area (Å²) in [6.45, 7) is 6.42. The quantitative estimate of drug-likeness (QED) is 0.598. The van der Waals surface area contributed by atoms with E-state index in [0.29, 0.717) is 0 Å². The van der Waals surface area contributed by atoms with Crippen molar-refractivity contribution < 1.29 is 9.53 Å². The normalized spacial score (nSPS) is 36.0. The third kappa shape index (κ3) is 1.92. The molecule has 2 unspecified atom stereocenters. The second kappa shape index (κ2) is 3.89. The summed E-state index contributed by atoms with van der Waals surface area (Å²) < 4.78 is 5.34. The third-order valence-electron chi connectivity index (χ3n) is 3.44. The number of hydrogen-bond donors (Lipinski definition) is 0. The average molecular weight is 197 g/mol. The van der Waals surface area contributed by atoms with Crippen LogP contribution in [-0.4, -0.2) is 30.2 Å². The number of esters is 1. The van der Waals surface area contributed by atoms with Crippen molar-refractivity contribution in [3.63, 3.8) is 0 Å². The van der Waals surface area contributed by atoms with Crippen LogP contribution in [-0.2, 0) is 9.53 Å². The molecule has 2 heterocycles. The second-order valence-electron chi connectivity index (χ2n) is 4.75. The van der Waals surface area contributed by atoms with E-state index in [1.165, 1.54) is 12.8 Å². The monoisotopic (exact) mass is 197 g/mol. The Morgan fingerprint density at radius 2 is 1.93 bits per heavy atom. The van der Waals surface area contributed by atoms with Crippen molar-refractivity contribution in [3.05, 3.63) is 0 Å². The SMILES string of the molecule is CC1CCN(C2CC(C)C(=O)O2)CC1. The molecule has 14 heavy (non-hydrogen) atoms. The first-order chi connectivity index (χ1) is 6.66. The van der Waals surface area contributed by atoms with E-state index in [2.05, 4.69) is 11.8 Å². The Labute approximate surface area is 85.4 Å². The molecule has 2 saturated heterocycles. The first-order valence-electron chi connectivity index (χ1n) is 5.61. The lowest BCUT2D eigenvalue weighted by Crippen LogP contribution is -2.40. The van der Waals surface area contributed by atoms with Crippen molar-refractivity contribution in [3.8, 4) is 0 Å². The molecular weight excluding hydrogens is 178 g/mol. The van der Waals surface area contributed by atoms with Crippen molar-refractivity contribution in [1.29, 1.82) is 0 Å². The molecule has 0 spiro atoms. The molecule has 0 amide bonds. The van der Waals surface area contributed by atoms with Crippen molar-refractivity contribution in [2.75, 3.05) is 13.1 Å². The van der Waals surface area contributed by atoms with Gasteiger partial charge >= 0.3 is 5.97 Å². The van der Waals surface area contributed by atoms with Crippen LogP contribution in [0.15, 0.2) is 0 Å². The van der Waals surface area contributed by atoms with E-state index in [9.17, 15) is 4.79 Å². The molecule has 0 aliphatic carbocycles. The molecule has 2 aliphatic heterocycles. The summed E-state index contributed by atoms with van der Waals surface area (Å²) in [5.41, 5.74) is 0. The molecule has 2 atom stereocenters. The van der Waals surface area contributed by atoms with E-state index in [0.717, 1.165) is 25.4 Å². The van der Waals surface area contributed by atoms with Crippen molar-refractivity contribution in [2.45, 2.75) is 39.3 Å². The molecule has 0 bridgehead atoms. The van der Waals surface area contributed by atoms with Crippen LogP contribution in [0, 0.1) is 11.8 Å². The van der Waals surface area contributed by atoms with Gasteiger partial charge in [0.1, 0.15) is 0 Å². The summed E-state index contributed by atoms with van der Waals surface area (Å²) >= 11 is 0. The van der Waals surface area contributed by atoms with E-state index in [1.807, 2.05) is 6.92 Å². The fourth-order valence-electron chi connectivity index (χ4n) is 2.24. The minimum absolute atomic E-state index is 0.0198. The molecule has 0 aromatic heterocycles. The average Bonchev–Trinajstić information content (AvgIpc) is 2.48. The summed E-state index contributed by atoms with van der Waals surface area (Å²) in [5.74, 6) is 0.911. The minimum Gasteiger partial charge on any atom is -0.446 e. The largest absolute Gasteiger partial charge is 0.446 e. The van der Waals surface area contributed by atoms with Crippen LogP contribution in [0.5, 0.6) is 0 Å². The zero-order chi connectivity index (χ0) is 10.1. The van der Waals surface area contributed by atoms with E-state index in [-0.39, 0.29) is 18.1 Å². The van der Waals surface area contributed by atoms with E-state index >= 15 is 0 Å². The lowest BCUT2D eigenvalue weighted by atomic mass is 9.98. The van der Waals surface area contributed by atoms with E-state index < -0.39 is 0 Å². The number of cyclic esters (lactones) is 1. The molecule has 0 aromatic rings. The number of hydrogen-bond acceptors (Lipinski definition) is 3. The molecule has 3 nitrogen and oxygen atoms in total. The first kappa shape index (κ1) is 9.97. The predicted molar refractivity (Wildman–Crippen MR) is 53.6 cm³/mol. The summed E-state index contributed by atoms with van der Waals surface area (Å²) in [5, 5.41) is 0. The maximum absolute atomic E-state index is 11.2. The number of carbonyl (C=O) groups excluding carboxylic acids is 1. The van der Waals surface area contributed by atoms with Crippen LogP contribution in [0.3, 0.4) is 0 Å². The molecule has 0 aromatic carbocycles. The highest BCUT2D eigenvalue weighted by atomic mass is 16.6. The van der Waals surface area contributed by atoms with E-state index in [1.54, 1.807) is 0 Å². The van der Waals surface area contributed by atoms with Gasteiger partial charge in [-0.2, -0.15) is 0 Å². The minimum atomic E-state index is -0.0198. The lowest BCUT2D eigenvalue weighted by Gasteiger charge is -2.33. The topological polar surface area (TPSA) is 29.5 Å². The fraction of sp³-hybridized carbons (Fsp3) is 0.909. The first-order valence-corrected chi connectivity index (χ1v) is 5.61. The summed E-state index contributed by atoms with van der Waals surface area (Å²) in [4.78, 5) is 13.6. The van der Waals surface area contributed by atoms with Gasteiger partial charge in [0.2, 0.25) is 0 Å². The second-order valence-corrected chi connectivity index (χ2v) is 4.75. The van der Waals surface area contributed by atoms with Gasteiger partial charge in [-0.05, 0) is 18.8 Å². The molecule has 0 N–H and O–H groups in total. The summed E-state index contributed by atoms with van der Waals surface area (Å²) in [6.07, 6.45) is 3.43. The molecule has 0 saturated carbocycles. The Kier molecular flexibility index (Phi) is 2.77. The molecule has 80 valence electrons. The highest BCUT2D eigenvalue weighted by Crippen LogP contribution is 2.27. The fourth-order valence-corrected chi connectivity index (χ4v) is 2.24. The van der Waals surface area contributed by atoms with Crippen molar-refractivity contribution in [1.82, 2.24) is 4.90 Å². The van der Waals surface area contributed by atoms with Crippen molar-refractivity contribution in [2.24, 2.45) is 11.8 Å². The molecule has 3 heteroatoms. The highest BCUT2D eigenvalue weighted by Gasteiger charge is 2.35. The number of rotatable bonds is 1. The molecule has 2 rings (SSSR count). The van der Waals surface area contributed by atoms with Crippen LogP contribution in [0.2, 0.25) is 0 Å². The highest BCUT2D eigenvalue weighted by molar-refractivity contribution is 5.74. The standard InChI is InChI=1S/C11H19NO2/c1-8-3-5-12(6-4-8)10-7-9(2)11(13)14-10/h8-10H,3-7H2,1-2H3. The van der Waals surface area contributed by atoms with Gasteiger partial charge in [0, 0.05) is 19.5 Å². The predicted octanol–water partition coefficient (Wildman–Crippen LogP) is 1.63. The van der Waals surface area contributed by atoms with Gasteiger partial charge in [-0.3, -0.25) is 9.69 Å². The zero-order valence-electron chi connectivity index (χ0n) is 9.03. The van der Waals surface area contributed by atoms with Gasteiger partial charge in [0.25, 0.3) is 0 Å². The van der Waals surface area contributed by atoms with Gasteiger partial charge in [0.05, 0.1) is 5.92 Å². The number of piperidine rings is 1. The van der Waals surface area contributed by atoms with Crippen LogP contribution in [0.25, 0.3) is 0 Å². The van der Waals surface area contributed by atoms with Crippen LogP contribution in [0.1, 0.15) is 33.1 Å². The Balaban J connectivity index is 1.88. The van der Waals surface area contributed by atoms with Crippen LogP contribution >= 0.6 is 0 Å². The summed E-state index contributed by atoms with van der Waals surface area (Å²) in [6, 6.07) is 0. The Morgan fingerprint density at radius 1 is 1.29 bits per heavy atom. The van der Waals surface area contributed by atoms with Crippen LogP contribution in [0.4, 0.5) is 0 Å². The maximum Gasteiger partial charge on any atom is 0.310 e. The number of ether oxygens (including phenoxy) is 1. The molecule has 2 fully saturated rings.